The Bertz CT molecular complexity index is 507. The number of hydrogen-bond donors (Lipinski definition) is 1. The molecule has 0 fully saturated rings. The van der Waals surface area contributed by atoms with Crippen molar-refractivity contribution >= 4 is 0 Å². The van der Waals surface area contributed by atoms with E-state index in [1.54, 1.807) is 0 Å². The molecule has 1 aliphatic carbocycles. The molecule has 0 saturated carbocycles. The number of halogens is 5. The molecule has 2 rings (SSSR count). The highest BCUT2D eigenvalue weighted by Crippen LogP contribution is 2.48. The lowest BCUT2D eigenvalue weighted by Crippen LogP contribution is -2.25. The van der Waals surface area contributed by atoms with E-state index >= 15 is 0 Å². The van der Waals surface area contributed by atoms with Crippen molar-refractivity contribution in [2.45, 2.75) is 51.4 Å². The molecular formula is C12H15F5N2O. The summed E-state index contributed by atoms with van der Waals surface area (Å²) in [5.41, 5.74) is -2.39. The average Bonchev–Trinajstić information content (AvgIpc) is 2.72. The second kappa shape index (κ2) is 4.68. The summed E-state index contributed by atoms with van der Waals surface area (Å²) in [5.74, 6) is -3.37. The summed E-state index contributed by atoms with van der Waals surface area (Å²) in [6, 6.07) is 0. The lowest BCUT2D eigenvalue weighted by atomic mass is 10.1. The van der Waals surface area contributed by atoms with Crippen LogP contribution in [0.3, 0.4) is 0 Å². The van der Waals surface area contributed by atoms with Crippen molar-refractivity contribution in [1.29, 1.82) is 0 Å². The first kappa shape index (κ1) is 15.2. The van der Waals surface area contributed by atoms with Crippen LogP contribution in [0, 0.1) is 5.92 Å². The van der Waals surface area contributed by atoms with E-state index < -0.39 is 35.9 Å². The smallest absolute Gasteiger partial charge is 0.382 e. The lowest BCUT2D eigenvalue weighted by molar-refractivity contribution is -0.146. The van der Waals surface area contributed by atoms with Crippen LogP contribution in [-0.4, -0.2) is 20.8 Å². The fourth-order valence-electron chi connectivity index (χ4n) is 2.29. The average molecular weight is 298 g/mol. The normalized spacial score (nSPS) is 21.6. The summed E-state index contributed by atoms with van der Waals surface area (Å²) in [6.45, 7) is 3.87. The zero-order valence-corrected chi connectivity index (χ0v) is 11.0. The highest BCUT2D eigenvalue weighted by molar-refractivity contribution is 5.38. The number of aromatic nitrogens is 2. The second-order valence-electron chi connectivity index (χ2n) is 5.45. The summed E-state index contributed by atoms with van der Waals surface area (Å²) < 4.78 is 66.4. The van der Waals surface area contributed by atoms with Gasteiger partial charge in [0.05, 0.1) is 12.1 Å². The van der Waals surface area contributed by atoms with Gasteiger partial charge in [-0.2, -0.15) is 18.3 Å². The summed E-state index contributed by atoms with van der Waals surface area (Å²) >= 11 is 0. The number of rotatable bonds is 3. The maximum atomic E-state index is 13.5. The highest BCUT2D eigenvalue weighted by Gasteiger charge is 2.54. The standard InChI is InChI=1S/C12H15F5N2O/c1-6(2)3-4-19-7-5-11(13,14)10(20)8(7)9(18-19)12(15,16)17/h6,10,20H,3-5H2,1-2H3/t10-/m0/s1. The predicted molar refractivity (Wildman–Crippen MR) is 60.3 cm³/mol. The van der Waals surface area contributed by atoms with Crippen molar-refractivity contribution in [3.05, 3.63) is 17.0 Å². The molecule has 0 saturated heterocycles. The first-order valence-electron chi connectivity index (χ1n) is 6.26. The Morgan fingerprint density at radius 1 is 1.40 bits per heavy atom. The van der Waals surface area contributed by atoms with Crippen LogP contribution < -0.4 is 0 Å². The van der Waals surface area contributed by atoms with Crippen LogP contribution in [-0.2, 0) is 19.1 Å². The van der Waals surface area contributed by atoms with Crippen molar-refractivity contribution in [2.24, 2.45) is 5.92 Å². The number of hydrogen-bond acceptors (Lipinski definition) is 2. The molecule has 1 heterocycles. The Hall–Kier alpha value is -1.18. The molecule has 0 aliphatic heterocycles. The van der Waals surface area contributed by atoms with Gasteiger partial charge < -0.3 is 5.11 Å². The number of aryl methyl sites for hydroxylation is 1. The zero-order chi connectivity index (χ0) is 15.3. The molecule has 0 aromatic carbocycles. The van der Waals surface area contributed by atoms with Crippen LogP contribution in [0.25, 0.3) is 0 Å². The molecule has 0 unspecified atom stereocenters. The van der Waals surface area contributed by atoms with Gasteiger partial charge in [0.25, 0.3) is 5.92 Å². The molecule has 1 N–H and O–H groups in total. The van der Waals surface area contributed by atoms with Crippen molar-refractivity contribution < 1.29 is 27.1 Å². The molecule has 1 atom stereocenters. The van der Waals surface area contributed by atoms with Gasteiger partial charge in [0.1, 0.15) is 6.10 Å². The van der Waals surface area contributed by atoms with E-state index in [1.807, 2.05) is 13.8 Å². The molecule has 0 radical (unpaired) electrons. The predicted octanol–water partition coefficient (Wildman–Crippen LogP) is 3.17. The Morgan fingerprint density at radius 3 is 2.50 bits per heavy atom. The number of nitrogens with zero attached hydrogens (tertiary/aromatic N) is 2. The first-order valence-corrected chi connectivity index (χ1v) is 6.26. The summed E-state index contributed by atoms with van der Waals surface area (Å²) in [7, 11) is 0. The molecule has 114 valence electrons. The maximum absolute atomic E-state index is 13.5. The summed E-state index contributed by atoms with van der Waals surface area (Å²) in [5, 5.41) is 12.8. The third kappa shape index (κ3) is 2.53. The van der Waals surface area contributed by atoms with Crippen molar-refractivity contribution in [3.8, 4) is 0 Å². The highest BCUT2D eigenvalue weighted by atomic mass is 19.4. The van der Waals surface area contributed by atoms with E-state index in [2.05, 4.69) is 5.10 Å². The van der Waals surface area contributed by atoms with Gasteiger partial charge in [-0.15, -0.1) is 0 Å². The van der Waals surface area contributed by atoms with Gasteiger partial charge in [-0.1, -0.05) is 13.8 Å². The molecular weight excluding hydrogens is 283 g/mol. The van der Waals surface area contributed by atoms with Crippen LogP contribution in [0.5, 0.6) is 0 Å². The number of fused-ring (bicyclic) bond motifs is 1. The molecule has 3 nitrogen and oxygen atoms in total. The number of alkyl halides is 5. The Kier molecular flexibility index (Phi) is 3.56. The maximum Gasteiger partial charge on any atom is 0.435 e. The molecule has 0 amide bonds. The molecule has 1 aromatic heterocycles. The van der Waals surface area contributed by atoms with Crippen molar-refractivity contribution in [2.75, 3.05) is 0 Å². The zero-order valence-electron chi connectivity index (χ0n) is 11.0. The van der Waals surface area contributed by atoms with Gasteiger partial charge in [0.2, 0.25) is 0 Å². The molecule has 1 aliphatic rings. The molecule has 0 spiro atoms. The van der Waals surface area contributed by atoms with Gasteiger partial charge in [0.15, 0.2) is 5.69 Å². The monoisotopic (exact) mass is 298 g/mol. The lowest BCUT2D eigenvalue weighted by Gasteiger charge is -2.15. The minimum absolute atomic E-state index is 0.124. The van der Waals surface area contributed by atoms with E-state index in [1.165, 1.54) is 0 Å². The van der Waals surface area contributed by atoms with E-state index in [9.17, 15) is 27.1 Å². The number of aliphatic hydroxyl groups is 1. The van der Waals surface area contributed by atoms with E-state index in [-0.39, 0.29) is 18.2 Å². The van der Waals surface area contributed by atoms with Crippen LogP contribution in [0.15, 0.2) is 0 Å². The first-order chi connectivity index (χ1) is 9.04. The Morgan fingerprint density at radius 2 is 2.00 bits per heavy atom. The largest absolute Gasteiger partial charge is 0.435 e. The van der Waals surface area contributed by atoms with E-state index in [0.29, 0.717) is 6.42 Å². The van der Waals surface area contributed by atoms with Gasteiger partial charge in [0, 0.05) is 12.1 Å². The molecule has 1 aromatic rings. The molecule has 8 heteroatoms. The Balaban J connectivity index is 2.45. The summed E-state index contributed by atoms with van der Waals surface area (Å²) in [4.78, 5) is 0. The van der Waals surface area contributed by atoms with Crippen molar-refractivity contribution in [1.82, 2.24) is 9.78 Å². The third-order valence-corrected chi connectivity index (χ3v) is 3.36. The molecule has 20 heavy (non-hydrogen) atoms. The minimum Gasteiger partial charge on any atom is -0.382 e. The van der Waals surface area contributed by atoms with Crippen LogP contribution in [0.2, 0.25) is 0 Å². The van der Waals surface area contributed by atoms with E-state index in [0.717, 1.165) is 4.68 Å². The van der Waals surface area contributed by atoms with Gasteiger partial charge in [-0.3, -0.25) is 4.68 Å². The topological polar surface area (TPSA) is 38.0 Å². The van der Waals surface area contributed by atoms with Gasteiger partial charge in [-0.25, -0.2) is 8.78 Å². The van der Waals surface area contributed by atoms with Crippen LogP contribution >= 0.6 is 0 Å². The second-order valence-corrected chi connectivity index (χ2v) is 5.45. The minimum atomic E-state index is -4.85. The van der Waals surface area contributed by atoms with E-state index in [4.69, 9.17) is 0 Å². The van der Waals surface area contributed by atoms with Crippen LogP contribution in [0.4, 0.5) is 22.0 Å². The SMILES string of the molecule is CC(C)CCn1nc(C(F)(F)F)c2c1CC(F)(F)[C@H]2O. The Labute approximate surface area is 112 Å². The quantitative estimate of drug-likeness (QED) is 0.870. The fourth-order valence-corrected chi connectivity index (χ4v) is 2.29. The summed E-state index contributed by atoms with van der Waals surface area (Å²) in [6.07, 6.45) is -7.69. The van der Waals surface area contributed by atoms with Crippen molar-refractivity contribution in [3.63, 3.8) is 0 Å². The fraction of sp³-hybridized carbons (Fsp3) is 0.750. The van der Waals surface area contributed by atoms with Gasteiger partial charge in [-0.05, 0) is 12.3 Å². The number of aliphatic hydroxyl groups excluding tert-OH is 1. The van der Waals surface area contributed by atoms with Crippen LogP contribution in [0.1, 0.15) is 43.3 Å². The third-order valence-electron chi connectivity index (χ3n) is 3.36. The molecule has 0 bridgehead atoms. The van der Waals surface area contributed by atoms with Gasteiger partial charge >= 0.3 is 6.18 Å².